The first-order chi connectivity index (χ1) is 15.5. The Morgan fingerprint density at radius 2 is 1.62 bits per heavy atom. The third-order valence-corrected chi connectivity index (χ3v) is 5.30. The summed E-state index contributed by atoms with van der Waals surface area (Å²) < 4.78 is 10.9. The molecule has 0 radical (unpaired) electrons. The summed E-state index contributed by atoms with van der Waals surface area (Å²) in [7, 11) is 0. The highest BCUT2D eigenvalue weighted by atomic mass is 32.1. The van der Waals surface area contributed by atoms with Gasteiger partial charge in [-0.25, -0.2) is 0 Å². The van der Waals surface area contributed by atoms with Gasteiger partial charge in [0, 0.05) is 12.2 Å². The zero-order valence-corrected chi connectivity index (χ0v) is 19.1. The molecule has 0 aromatic heterocycles. The number of nitrogens with one attached hydrogen (secondary N) is 1. The average Bonchev–Trinajstić information content (AvgIpc) is 3.00. The molecular formula is C24H27N3O4S. The highest BCUT2D eigenvalue weighted by molar-refractivity contribution is 7.80. The number of nitrogens with zero attached hydrogens (tertiary/aromatic N) is 2. The number of hydrogen-bond donors (Lipinski definition) is 1. The molecule has 2 aromatic rings. The molecule has 1 aliphatic rings. The number of rotatable bonds is 10. The Kier molecular flexibility index (Phi) is 7.83. The van der Waals surface area contributed by atoms with Crippen LogP contribution in [0.1, 0.15) is 20.3 Å². The number of carbonyl (C=O) groups excluding carboxylic acids is 2. The lowest BCUT2D eigenvalue weighted by molar-refractivity contribution is -0.124. The van der Waals surface area contributed by atoms with Crippen LogP contribution in [0.4, 0.5) is 11.4 Å². The van der Waals surface area contributed by atoms with Crippen molar-refractivity contribution in [2.75, 3.05) is 30.0 Å². The van der Waals surface area contributed by atoms with Crippen LogP contribution in [0.25, 0.3) is 0 Å². The molecule has 1 saturated heterocycles. The predicted octanol–water partition coefficient (Wildman–Crippen LogP) is 4.00. The van der Waals surface area contributed by atoms with E-state index in [-0.39, 0.29) is 18.2 Å². The second kappa shape index (κ2) is 10.8. The molecule has 1 heterocycles. The predicted molar refractivity (Wildman–Crippen MR) is 129 cm³/mol. The summed E-state index contributed by atoms with van der Waals surface area (Å²) in [5.74, 6) is 0.911. The van der Waals surface area contributed by atoms with Crippen LogP contribution in [0, 0.1) is 0 Å². The first kappa shape index (κ1) is 23.3. The van der Waals surface area contributed by atoms with Gasteiger partial charge in [0.15, 0.2) is 5.11 Å². The maximum Gasteiger partial charge on any atom is 0.256 e. The van der Waals surface area contributed by atoms with Crippen molar-refractivity contribution in [3.05, 3.63) is 61.2 Å². The molecule has 1 aliphatic heterocycles. The van der Waals surface area contributed by atoms with Crippen molar-refractivity contribution >= 4 is 40.5 Å². The van der Waals surface area contributed by atoms with Crippen molar-refractivity contribution in [2.24, 2.45) is 0 Å². The first-order valence-electron chi connectivity index (χ1n) is 10.5. The maximum absolute atomic E-state index is 13.3. The minimum absolute atomic E-state index is 0.0342. The topological polar surface area (TPSA) is 71.1 Å². The highest BCUT2D eigenvalue weighted by Gasteiger charge is 2.43. The van der Waals surface area contributed by atoms with Crippen LogP contribution in [0.3, 0.4) is 0 Å². The first-order valence-corrected chi connectivity index (χ1v) is 10.9. The van der Waals surface area contributed by atoms with Gasteiger partial charge in [-0.1, -0.05) is 6.08 Å². The van der Waals surface area contributed by atoms with E-state index in [2.05, 4.69) is 11.9 Å². The van der Waals surface area contributed by atoms with Gasteiger partial charge in [-0.3, -0.25) is 14.5 Å². The lowest BCUT2D eigenvalue weighted by atomic mass is 10.1. The second-order valence-corrected chi connectivity index (χ2v) is 7.41. The van der Waals surface area contributed by atoms with E-state index < -0.39 is 6.04 Å². The number of benzene rings is 2. The molecule has 3 rings (SSSR count). The lowest BCUT2D eigenvalue weighted by Crippen LogP contribution is -2.37. The smallest absolute Gasteiger partial charge is 0.256 e. The maximum atomic E-state index is 13.3. The zero-order valence-electron chi connectivity index (χ0n) is 18.2. The molecule has 0 aliphatic carbocycles. The van der Waals surface area contributed by atoms with Gasteiger partial charge in [-0.05, 0) is 74.6 Å². The Bertz CT molecular complexity index is 976. The van der Waals surface area contributed by atoms with Crippen molar-refractivity contribution in [2.45, 2.75) is 26.3 Å². The fourth-order valence-corrected chi connectivity index (χ4v) is 3.86. The molecule has 0 saturated carbocycles. The fourth-order valence-electron chi connectivity index (χ4n) is 3.46. The molecule has 0 bridgehead atoms. The molecule has 2 aromatic carbocycles. The average molecular weight is 454 g/mol. The molecule has 32 heavy (non-hydrogen) atoms. The number of hydrogen-bond acceptors (Lipinski definition) is 5. The van der Waals surface area contributed by atoms with E-state index in [0.717, 1.165) is 5.75 Å². The summed E-state index contributed by atoms with van der Waals surface area (Å²) in [5, 5.41) is 3.18. The van der Waals surface area contributed by atoms with Crippen LogP contribution in [-0.4, -0.2) is 47.6 Å². The molecule has 168 valence electrons. The number of carbonyl (C=O) groups is 2. The molecule has 0 unspecified atom stereocenters. The second-order valence-electron chi connectivity index (χ2n) is 7.05. The third-order valence-electron chi connectivity index (χ3n) is 4.88. The van der Waals surface area contributed by atoms with Gasteiger partial charge < -0.3 is 19.7 Å². The Morgan fingerprint density at radius 3 is 2.16 bits per heavy atom. The quantitative estimate of drug-likeness (QED) is 0.433. The highest BCUT2D eigenvalue weighted by Crippen LogP contribution is 2.29. The fraction of sp³-hybridized carbons (Fsp3) is 0.292. The lowest BCUT2D eigenvalue weighted by Gasteiger charge is -2.22. The van der Waals surface area contributed by atoms with Gasteiger partial charge in [0.25, 0.3) is 5.91 Å². The summed E-state index contributed by atoms with van der Waals surface area (Å²) in [6.45, 7) is 9.05. The number of amides is 2. The Labute approximate surface area is 193 Å². The standard InChI is InChI=1S/C24H27N3O4S/c1-4-15-26-21(16-22(28)25-17-7-11-19(12-8-17)30-5-2)23(29)27(24(26)32)18-9-13-20(14-10-18)31-6-3/h4,7-14,21H,1,5-6,15-16H2,2-3H3,(H,25,28)/t21-/m1/s1. The van der Waals surface area contributed by atoms with Crippen molar-refractivity contribution < 1.29 is 19.1 Å². The van der Waals surface area contributed by atoms with Crippen LogP contribution in [0.15, 0.2) is 61.2 Å². The van der Waals surface area contributed by atoms with E-state index in [0.29, 0.717) is 42.0 Å². The van der Waals surface area contributed by atoms with E-state index in [1.165, 1.54) is 4.90 Å². The van der Waals surface area contributed by atoms with Crippen LogP contribution in [0.5, 0.6) is 11.5 Å². The number of anilines is 2. The van der Waals surface area contributed by atoms with Crippen molar-refractivity contribution in [1.29, 1.82) is 0 Å². The normalized spacial score (nSPS) is 15.6. The molecule has 7 nitrogen and oxygen atoms in total. The molecule has 1 fully saturated rings. The van der Waals surface area contributed by atoms with E-state index in [1.807, 2.05) is 13.8 Å². The number of thiocarbonyl (C=S) groups is 1. The third kappa shape index (κ3) is 5.26. The van der Waals surface area contributed by atoms with Crippen molar-refractivity contribution in [3.63, 3.8) is 0 Å². The van der Waals surface area contributed by atoms with E-state index in [1.54, 1.807) is 59.5 Å². The Morgan fingerprint density at radius 1 is 1.06 bits per heavy atom. The number of ether oxygens (including phenoxy) is 2. The van der Waals surface area contributed by atoms with Crippen LogP contribution in [-0.2, 0) is 9.59 Å². The van der Waals surface area contributed by atoms with E-state index in [4.69, 9.17) is 21.7 Å². The van der Waals surface area contributed by atoms with Gasteiger partial charge in [0.1, 0.15) is 17.5 Å². The SMILES string of the molecule is C=CCN1C(=S)N(c2ccc(OCC)cc2)C(=O)[C@H]1CC(=O)Nc1ccc(OCC)cc1. The molecule has 1 N–H and O–H groups in total. The molecular weight excluding hydrogens is 426 g/mol. The van der Waals surface area contributed by atoms with Crippen LogP contribution >= 0.6 is 12.2 Å². The molecule has 8 heteroatoms. The summed E-state index contributed by atoms with van der Waals surface area (Å²) >= 11 is 5.58. The van der Waals surface area contributed by atoms with Crippen molar-refractivity contribution in [3.8, 4) is 11.5 Å². The summed E-state index contributed by atoms with van der Waals surface area (Å²) in [5.41, 5.74) is 1.26. The van der Waals surface area contributed by atoms with Gasteiger partial charge in [0.05, 0.1) is 25.3 Å². The van der Waals surface area contributed by atoms with Gasteiger partial charge in [-0.15, -0.1) is 6.58 Å². The molecule has 1 atom stereocenters. The Hall–Kier alpha value is -3.39. The van der Waals surface area contributed by atoms with Crippen molar-refractivity contribution in [1.82, 2.24) is 4.90 Å². The Balaban J connectivity index is 1.73. The van der Waals surface area contributed by atoms with Gasteiger partial charge >= 0.3 is 0 Å². The van der Waals surface area contributed by atoms with Gasteiger partial charge in [0.2, 0.25) is 5.91 Å². The van der Waals surface area contributed by atoms with Crippen LogP contribution < -0.4 is 19.7 Å². The van der Waals surface area contributed by atoms with E-state index >= 15 is 0 Å². The summed E-state index contributed by atoms with van der Waals surface area (Å²) in [6.07, 6.45) is 1.63. The zero-order chi connectivity index (χ0) is 23.1. The summed E-state index contributed by atoms with van der Waals surface area (Å²) in [4.78, 5) is 29.1. The summed E-state index contributed by atoms with van der Waals surface area (Å²) in [6, 6.07) is 13.5. The van der Waals surface area contributed by atoms with Crippen LogP contribution in [0.2, 0.25) is 0 Å². The van der Waals surface area contributed by atoms with E-state index in [9.17, 15) is 9.59 Å². The molecule has 2 amide bonds. The minimum Gasteiger partial charge on any atom is -0.494 e. The minimum atomic E-state index is -0.713. The molecule has 0 spiro atoms. The van der Waals surface area contributed by atoms with Gasteiger partial charge in [-0.2, -0.15) is 0 Å². The monoisotopic (exact) mass is 453 g/mol. The largest absolute Gasteiger partial charge is 0.494 e.